The largest absolute Gasteiger partial charge is 0.310 e. The van der Waals surface area contributed by atoms with Crippen molar-refractivity contribution >= 4 is 10.0 Å². The van der Waals surface area contributed by atoms with E-state index in [1.54, 1.807) is 6.07 Å². The Hall–Kier alpha value is -0.910. The summed E-state index contributed by atoms with van der Waals surface area (Å²) >= 11 is 0. The molecule has 0 fully saturated rings. The highest BCUT2D eigenvalue weighted by Crippen LogP contribution is 2.18. The standard InChI is InChI=1S/C15H26N2O2S/c1-5-9-17-20(18,19)15-10-13(11-16-12(3)4)7-8-14(15)6-2/h7-8,10,12,16-17H,5-6,9,11H2,1-4H3. The minimum absolute atomic E-state index is 0.374. The number of nitrogens with one attached hydrogen (secondary N) is 2. The van der Waals surface area contributed by atoms with E-state index in [0.717, 1.165) is 17.5 Å². The number of aryl methyl sites for hydroxylation is 1. The lowest BCUT2D eigenvalue weighted by Gasteiger charge is -2.13. The Morgan fingerprint density at radius 2 is 1.90 bits per heavy atom. The maximum absolute atomic E-state index is 12.3. The van der Waals surface area contributed by atoms with Gasteiger partial charge in [0.2, 0.25) is 10.0 Å². The van der Waals surface area contributed by atoms with Crippen LogP contribution in [-0.4, -0.2) is 21.0 Å². The number of hydrogen-bond donors (Lipinski definition) is 2. The summed E-state index contributed by atoms with van der Waals surface area (Å²) in [5.74, 6) is 0. The van der Waals surface area contributed by atoms with Crippen LogP contribution >= 0.6 is 0 Å². The molecule has 0 bridgehead atoms. The van der Waals surface area contributed by atoms with Crippen molar-refractivity contribution in [2.75, 3.05) is 6.54 Å². The third-order valence-corrected chi connectivity index (χ3v) is 4.60. The lowest BCUT2D eigenvalue weighted by Crippen LogP contribution is -2.26. The van der Waals surface area contributed by atoms with Crippen LogP contribution < -0.4 is 10.0 Å². The first-order chi connectivity index (χ1) is 9.40. The summed E-state index contributed by atoms with van der Waals surface area (Å²) < 4.78 is 27.3. The molecule has 0 saturated carbocycles. The lowest BCUT2D eigenvalue weighted by atomic mass is 10.1. The zero-order valence-electron chi connectivity index (χ0n) is 12.9. The maximum Gasteiger partial charge on any atom is 0.240 e. The molecule has 0 aromatic heterocycles. The molecule has 5 heteroatoms. The summed E-state index contributed by atoms with van der Waals surface area (Å²) in [6, 6.07) is 6.07. The van der Waals surface area contributed by atoms with E-state index in [9.17, 15) is 8.42 Å². The fraction of sp³-hybridized carbons (Fsp3) is 0.600. The molecule has 4 nitrogen and oxygen atoms in total. The average Bonchev–Trinajstić information content (AvgIpc) is 2.42. The van der Waals surface area contributed by atoms with Gasteiger partial charge in [-0.05, 0) is 30.0 Å². The van der Waals surface area contributed by atoms with Crippen LogP contribution in [0, 0.1) is 0 Å². The molecule has 0 heterocycles. The quantitative estimate of drug-likeness (QED) is 0.775. The van der Waals surface area contributed by atoms with Gasteiger partial charge < -0.3 is 5.32 Å². The second-order valence-corrected chi connectivity index (χ2v) is 6.96. The molecule has 0 aliphatic carbocycles. The van der Waals surface area contributed by atoms with Gasteiger partial charge in [-0.25, -0.2) is 13.1 Å². The second kappa shape index (κ2) is 7.76. The molecule has 1 aromatic carbocycles. The zero-order valence-corrected chi connectivity index (χ0v) is 13.7. The Kier molecular flexibility index (Phi) is 6.65. The topological polar surface area (TPSA) is 58.2 Å². The Morgan fingerprint density at radius 3 is 2.45 bits per heavy atom. The molecule has 0 aliphatic heterocycles. The van der Waals surface area contributed by atoms with Gasteiger partial charge in [0.15, 0.2) is 0 Å². The average molecular weight is 298 g/mol. The Morgan fingerprint density at radius 1 is 1.20 bits per heavy atom. The Balaban J connectivity index is 3.05. The molecule has 0 amide bonds. The number of sulfonamides is 1. The monoisotopic (exact) mass is 298 g/mol. The molecule has 1 aromatic rings. The molecule has 0 saturated heterocycles. The van der Waals surface area contributed by atoms with Crippen LogP contribution in [0.5, 0.6) is 0 Å². The first-order valence-electron chi connectivity index (χ1n) is 7.25. The van der Waals surface area contributed by atoms with Crippen LogP contribution in [0.3, 0.4) is 0 Å². The fourth-order valence-corrected chi connectivity index (χ4v) is 3.38. The van der Waals surface area contributed by atoms with Crippen molar-refractivity contribution in [1.82, 2.24) is 10.0 Å². The van der Waals surface area contributed by atoms with E-state index < -0.39 is 10.0 Å². The van der Waals surface area contributed by atoms with Gasteiger partial charge in [0.05, 0.1) is 4.90 Å². The van der Waals surface area contributed by atoms with Crippen molar-refractivity contribution in [1.29, 1.82) is 0 Å². The van der Waals surface area contributed by atoms with Crippen LogP contribution in [0.1, 0.15) is 45.2 Å². The van der Waals surface area contributed by atoms with Crippen molar-refractivity contribution in [3.63, 3.8) is 0 Å². The van der Waals surface area contributed by atoms with E-state index in [0.29, 0.717) is 30.4 Å². The van der Waals surface area contributed by atoms with Gasteiger partial charge >= 0.3 is 0 Å². The molecule has 20 heavy (non-hydrogen) atoms. The first-order valence-corrected chi connectivity index (χ1v) is 8.73. The highest BCUT2D eigenvalue weighted by Gasteiger charge is 2.17. The highest BCUT2D eigenvalue weighted by atomic mass is 32.2. The third-order valence-electron chi connectivity index (χ3n) is 3.06. The Labute approximate surface area is 123 Å². The van der Waals surface area contributed by atoms with Crippen molar-refractivity contribution < 1.29 is 8.42 Å². The van der Waals surface area contributed by atoms with E-state index in [4.69, 9.17) is 0 Å². The van der Waals surface area contributed by atoms with E-state index in [2.05, 4.69) is 23.9 Å². The smallest absolute Gasteiger partial charge is 0.240 e. The van der Waals surface area contributed by atoms with Crippen LogP contribution in [0.2, 0.25) is 0 Å². The van der Waals surface area contributed by atoms with Crippen LogP contribution in [0.4, 0.5) is 0 Å². The summed E-state index contributed by atoms with van der Waals surface area (Å²) in [5.41, 5.74) is 1.86. The van der Waals surface area contributed by atoms with Crippen molar-refractivity contribution in [2.45, 2.75) is 58.0 Å². The summed E-state index contributed by atoms with van der Waals surface area (Å²) in [5, 5.41) is 3.31. The van der Waals surface area contributed by atoms with Crippen molar-refractivity contribution in [2.24, 2.45) is 0 Å². The molecule has 114 valence electrons. The van der Waals surface area contributed by atoms with Crippen molar-refractivity contribution in [3.8, 4) is 0 Å². The van der Waals surface area contributed by atoms with E-state index in [-0.39, 0.29) is 0 Å². The first kappa shape index (κ1) is 17.1. The number of rotatable bonds is 8. The fourth-order valence-electron chi connectivity index (χ4n) is 1.89. The number of benzene rings is 1. The molecule has 0 unspecified atom stereocenters. The summed E-state index contributed by atoms with van der Waals surface area (Å²) in [6.07, 6.45) is 1.50. The molecular weight excluding hydrogens is 272 g/mol. The van der Waals surface area contributed by atoms with Gasteiger partial charge in [0, 0.05) is 19.1 Å². The Bertz CT molecular complexity index is 525. The van der Waals surface area contributed by atoms with Gasteiger partial charge in [-0.15, -0.1) is 0 Å². The van der Waals surface area contributed by atoms with Crippen LogP contribution in [0.15, 0.2) is 23.1 Å². The number of hydrogen-bond acceptors (Lipinski definition) is 3. The third kappa shape index (κ3) is 4.89. The van der Waals surface area contributed by atoms with E-state index >= 15 is 0 Å². The maximum atomic E-state index is 12.3. The molecule has 0 atom stereocenters. The lowest BCUT2D eigenvalue weighted by molar-refractivity contribution is 0.577. The molecule has 1 rings (SSSR count). The van der Waals surface area contributed by atoms with Gasteiger partial charge in [0.25, 0.3) is 0 Å². The van der Waals surface area contributed by atoms with Gasteiger partial charge in [-0.1, -0.05) is 39.8 Å². The molecule has 0 spiro atoms. The molecule has 2 N–H and O–H groups in total. The zero-order chi connectivity index (χ0) is 15.2. The summed E-state index contributed by atoms with van der Waals surface area (Å²) in [7, 11) is -3.40. The van der Waals surface area contributed by atoms with Gasteiger partial charge in [-0.3, -0.25) is 0 Å². The second-order valence-electron chi connectivity index (χ2n) is 5.23. The SMILES string of the molecule is CCCNS(=O)(=O)c1cc(CNC(C)C)ccc1CC. The predicted octanol–water partition coefficient (Wildman–Crippen LogP) is 2.44. The molecular formula is C15H26N2O2S. The minimum atomic E-state index is -3.40. The normalized spacial score (nSPS) is 12.1. The summed E-state index contributed by atoms with van der Waals surface area (Å²) in [4.78, 5) is 0.413. The van der Waals surface area contributed by atoms with Gasteiger partial charge in [-0.2, -0.15) is 0 Å². The van der Waals surface area contributed by atoms with Crippen molar-refractivity contribution in [3.05, 3.63) is 29.3 Å². The molecule has 0 radical (unpaired) electrons. The summed E-state index contributed by atoms with van der Waals surface area (Å²) in [6.45, 7) is 9.21. The van der Waals surface area contributed by atoms with Crippen LogP contribution in [-0.2, 0) is 23.0 Å². The predicted molar refractivity (Wildman–Crippen MR) is 83.3 cm³/mol. The van der Waals surface area contributed by atoms with E-state index in [1.165, 1.54) is 0 Å². The minimum Gasteiger partial charge on any atom is -0.310 e. The van der Waals surface area contributed by atoms with Gasteiger partial charge in [0.1, 0.15) is 0 Å². The van der Waals surface area contributed by atoms with Crippen LogP contribution in [0.25, 0.3) is 0 Å². The highest BCUT2D eigenvalue weighted by molar-refractivity contribution is 7.89. The van der Waals surface area contributed by atoms with E-state index in [1.807, 2.05) is 26.0 Å². The molecule has 0 aliphatic rings.